The van der Waals surface area contributed by atoms with Gasteiger partial charge in [-0.05, 0) is 12.0 Å². The summed E-state index contributed by atoms with van der Waals surface area (Å²) in [6.45, 7) is 0.186. The molecule has 2 amide bonds. The van der Waals surface area contributed by atoms with Gasteiger partial charge in [-0.1, -0.05) is 30.3 Å². The number of alkyl halides is 3. The standard InChI is InChI=1S/C12H14N2O3.C2HF3O2/c13-10-6-7-11(15)14(12(10)16)17-8-9-4-2-1-3-5-9;3-2(4,5)1(6)7/h1-5,10H,6-8,13H2;(H,6,7). The third kappa shape index (κ3) is 5.97. The number of rotatable bonds is 3. The normalized spacial score (nSPS) is 18.0. The number of carbonyl (C=O) groups excluding carboxylic acids is 2. The third-order valence-corrected chi connectivity index (χ3v) is 2.86. The molecule has 0 aliphatic carbocycles. The lowest BCUT2D eigenvalue weighted by atomic mass is 10.1. The van der Waals surface area contributed by atoms with Gasteiger partial charge in [0.25, 0.3) is 11.8 Å². The Bertz CT molecular complexity index is 592. The van der Waals surface area contributed by atoms with Gasteiger partial charge in [-0.15, -0.1) is 0 Å². The molecule has 1 aromatic rings. The summed E-state index contributed by atoms with van der Waals surface area (Å²) in [6.07, 6.45) is -4.44. The fourth-order valence-electron chi connectivity index (χ4n) is 1.63. The van der Waals surface area contributed by atoms with Crippen molar-refractivity contribution in [1.29, 1.82) is 0 Å². The lowest BCUT2D eigenvalue weighted by molar-refractivity contribution is -0.203. The quantitative estimate of drug-likeness (QED) is 0.795. The fraction of sp³-hybridized carbons (Fsp3) is 0.357. The number of carboxylic acids is 1. The van der Waals surface area contributed by atoms with Crippen LogP contribution in [0.3, 0.4) is 0 Å². The summed E-state index contributed by atoms with van der Waals surface area (Å²) in [4.78, 5) is 37.2. The Morgan fingerprint density at radius 1 is 1.29 bits per heavy atom. The second-order valence-corrected chi connectivity index (χ2v) is 4.73. The number of hydroxylamine groups is 2. The van der Waals surface area contributed by atoms with Crippen molar-refractivity contribution in [2.45, 2.75) is 31.7 Å². The maximum absolute atomic E-state index is 11.6. The minimum absolute atomic E-state index is 0.186. The highest BCUT2D eigenvalue weighted by Crippen LogP contribution is 2.14. The van der Waals surface area contributed by atoms with E-state index in [1.165, 1.54) is 0 Å². The van der Waals surface area contributed by atoms with Gasteiger partial charge in [0.05, 0.1) is 6.04 Å². The molecule has 24 heavy (non-hydrogen) atoms. The summed E-state index contributed by atoms with van der Waals surface area (Å²) in [6, 6.07) is 8.70. The summed E-state index contributed by atoms with van der Waals surface area (Å²) in [5.74, 6) is -3.54. The summed E-state index contributed by atoms with van der Waals surface area (Å²) < 4.78 is 31.7. The van der Waals surface area contributed by atoms with E-state index in [-0.39, 0.29) is 18.9 Å². The van der Waals surface area contributed by atoms with Crippen LogP contribution in [0.25, 0.3) is 0 Å². The Morgan fingerprint density at radius 3 is 2.33 bits per heavy atom. The molecule has 1 atom stereocenters. The predicted octanol–water partition coefficient (Wildman–Crippen LogP) is 1.23. The minimum atomic E-state index is -5.08. The molecule has 1 aliphatic heterocycles. The highest BCUT2D eigenvalue weighted by Gasteiger charge is 2.38. The van der Waals surface area contributed by atoms with Crippen molar-refractivity contribution in [1.82, 2.24) is 5.06 Å². The van der Waals surface area contributed by atoms with Gasteiger partial charge in [-0.25, -0.2) is 4.79 Å². The number of hydrogen-bond acceptors (Lipinski definition) is 5. The number of nitrogens with two attached hydrogens (primary N) is 1. The molecule has 2 rings (SSSR count). The number of carboxylic acid groups (broad SMARTS) is 1. The van der Waals surface area contributed by atoms with Crippen LogP contribution >= 0.6 is 0 Å². The highest BCUT2D eigenvalue weighted by atomic mass is 19.4. The van der Waals surface area contributed by atoms with E-state index < -0.39 is 24.1 Å². The van der Waals surface area contributed by atoms with Crippen LogP contribution in [0.2, 0.25) is 0 Å². The van der Waals surface area contributed by atoms with E-state index in [9.17, 15) is 22.8 Å². The van der Waals surface area contributed by atoms with E-state index in [1.807, 2.05) is 30.3 Å². The molecule has 132 valence electrons. The molecule has 0 aromatic heterocycles. The van der Waals surface area contributed by atoms with Gasteiger partial charge in [0, 0.05) is 6.42 Å². The van der Waals surface area contributed by atoms with Crippen LogP contribution in [0.4, 0.5) is 13.2 Å². The van der Waals surface area contributed by atoms with Crippen molar-refractivity contribution < 1.29 is 37.5 Å². The number of halogens is 3. The Morgan fingerprint density at radius 2 is 1.83 bits per heavy atom. The molecule has 0 saturated carbocycles. The van der Waals surface area contributed by atoms with Crippen LogP contribution in [-0.2, 0) is 25.8 Å². The summed E-state index contributed by atoms with van der Waals surface area (Å²) >= 11 is 0. The molecule has 1 unspecified atom stereocenters. The maximum atomic E-state index is 11.6. The molecule has 0 spiro atoms. The van der Waals surface area contributed by atoms with Gasteiger partial charge >= 0.3 is 12.1 Å². The van der Waals surface area contributed by atoms with E-state index in [2.05, 4.69) is 0 Å². The first-order chi connectivity index (χ1) is 11.1. The van der Waals surface area contributed by atoms with E-state index >= 15 is 0 Å². The van der Waals surface area contributed by atoms with E-state index in [0.717, 1.165) is 10.6 Å². The molecule has 1 aliphatic rings. The Kier molecular flexibility index (Phi) is 6.86. The number of imide groups is 1. The summed E-state index contributed by atoms with van der Waals surface area (Å²) in [5, 5.41) is 7.92. The number of piperidine rings is 1. The van der Waals surface area contributed by atoms with Crippen LogP contribution in [0, 0.1) is 0 Å². The lowest BCUT2D eigenvalue weighted by Gasteiger charge is -2.27. The first-order valence-corrected chi connectivity index (χ1v) is 6.72. The Hall–Kier alpha value is -2.46. The van der Waals surface area contributed by atoms with Crippen LogP contribution in [0.1, 0.15) is 18.4 Å². The zero-order valence-electron chi connectivity index (χ0n) is 12.3. The third-order valence-electron chi connectivity index (χ3n) is 2.86. The summed E-state index contributed by atoms with van der Waals surface area (Å²) in [5.41, 5.74) is 6.47. The van der Waals surface area contributed by atoms with Crippen LogP contribution in [0.5, 0.6) is 0 Å². The number of carbonyl (C=O) groups is 3. The van der Waals surface area contributed by atoms with E-state index in [4.69, 9.17) is 20.5 Å². The van der Waals surface area contributed by atoms with Crippen molar-refractivity contribution >= 4 is 17.8 Å². The topological polar surface area (TPSA) is 110 Å². The van der Waals surface area contributed by atoms with Crippen molar-refractivity contribution in [3.8, 4) is 0 Å². The molecule has 0 bridgehead atoms. The van der Waals surface area contributed by atoms with E-state index in [1.54, 1.807) is 0 Å². The molecule has 1 aromatic carbocycles. The van der Waals surface area contributed by atoms with Crippen molar-refractivity contribution in [3.05, 3.63) is 35.9 Å². The Balaban J connectivity index is 0.000000351. The second kappa shape index (κ2) is 8.41. The van der Waals surface area contributed by atoms with Crippen molar-refractivity contribution in [2.24, 2.45) is 5.73 Å². The van der Waals surface area contributed by atoms with Crippen LogP contribution in [0.15, 0.2) is 30.3 Å². The number of amides is 2. The molecule has 1 fully saturated rings. The first kappa shape index (κ1) is 19.6. The molecule has 7 nitrogen and oxygen atoms in total. The van der Waals surface area contributed by atoms with Crippen LogP contribution in [-0.4, -0.2) is 40.2 Å². The highest BCUT2D eigenvalue weighted by molar-refractivity contribution is 5.98. The monoisotopic (exact) mass is 348 g/mol. The van der Waals surface area contributed by atoms with Gasteiger partial charge in [-0.2, -0.15) is 18.2 Å². The largest absolute Gasteiger partial charge is 0.490 e. The van der Waals surface area contributed by atoms with Gasteiger partial charge in [0.1, 0.15) is 6.61 Å². The molecule has 1 saturated heterocycles. The first-order valence-electron chi connectivity index (χ1n) is 6.72. The molecule has 1 heterocycles. The summed E-state index contributed by atoms with van der Waals surface area (Å²) in [7, 11) is 0. The number of aliphatic carboxylic acids is 1. The van der Waals surface area contributed by atoms with Crippen molar-refractivity contribution in [2.75, 3.05) is 0 Å². The zero-order valence-corrected chi connectivity index (χ0v) is 12.3. The molecule has 3 N–H and O–H groups in total. The zero-order chi connectivity index (χ0) is 18.3. The minimum Gasteiger partial charge on any atom is -0.475 e. The Labute approximate surface area is 134 Å². The molecular formula is C14H15F3N2O5. The van der Waals surface area contributed by atoms with Gasteiger partial charge < -0.3 is 10.8 Å². The molecule has 10 heteroatoms. The average molecular weight is 348 g/mol. The lowest BCUT2D eigenvalue weighted by Crippen LogP contribution is -2.50. The molecule has 0 radical (unpaired) electrons. The smallest absolute Gasteiger partial charge is 0.475 e. The average Bonchev–Trinajstić information content (AvgIpc) is 2.52. The predicted molar refractivity (Wildman–Crippen MR) is 74.0 cm³/mol. The fourth-order valence-corrected chi connectivity index (χ4v) is 1.63. The van der Waals surface area contributed by atoms with E-state index in [0.29, 0.717) is 6.42 Å². The second-order valence-electron chi connectivity index (χ2n) is 4.73. The maximum Gasteiger partial charge on any atom is 0.490 e. The SMILES string of the molecule is NC1CCC(=O)N(OCc2ccccc2)C1=O.O=C(O)C(F)(F)F. The molecular weight excluding hydrogens is 333 g/mol. The van der Waals surface area contributed by atoms with Gasteiger partial charge in [-0.3, -0.25) is 14.4 Å². The van der Waals surface area contributed by atoms with Crippen LogP contribution < -0.4 is 5.73 Å². The number of hydrogen-bond donors (Lipinski definition) is 2. The van der Waals surface area contributed by atoms with Gasteiger partial charge in [0.2, 0.25) is 0 Å². The van der Waals surface area contributed by atoms with Gasteiger partial charge in [0.15, 0.2) is 0 Å². The number of benzene rings is 1. The number of nitrogens with zero attached hydrogens (tertiary/aromatic N) is 1. The van der Waals surface area contributed by atoms with Crippen molar-refractivity contribution in [3.63, 3.8) is 0 Å².